The molecule has 0 aliphatic heterocycles. The van der Waals surface area contributed by atoms with E-state index in [-0.39, 0.29) is 0 Å². The second kappa shape index (κ2) is 4.71. The third-order valence-corrected chi connectivity index (χ3v) is 4.84. The number of hydrogen-bond acceptors (Lipinski definition) is 0. The second-order valence-corrected chi connectivity index (χ2v) is 5.17. The zero-order chi connectivity index (χ0) is 10.8. The van der Waals surface area contributed by atoms with Gasteiger partial charge in [0.05, 0.1) is 0 Å². The predicted octanol–water partition coefficient (Wildman–Crippen LogP) is 1.85. The van der Waals surface area contributed by atoms with Crippen LogP contribution in [0.2, 0.25) is 0 Å². The maximum atomic E-state index is 2.82. The lowest BCUT2D eigenvalue weighted by Crippen LogP contribution is -2.24. The topological polar surface area (TPSA) is 0 Å². The summed E-state index contributed by atoms with van der Waals surface area (Å²) in [6.45, 7) is 0. The molecule has 76 valence electrons. The van der Waals surface area contributed by atoms with Gasteiger partial charge in [-0.25, -0.2) is 0 Å². The monoisotopic (exact) mass is 250 g/mol. The van der Waals surface area contributed by atoms with Gasteiger partial charge in [-0.15, -0.1) is 27.7 Å². The molecule has 3 atom stereocenters. The van der Waals surface area contributed by atoms with E-state index in [2.05, 4.69) is 64.1 Å². The van der Waals surface area contributed by atoms with E-state index in [9.17, 15) is 0 Å². The maximum absolute atomic E-state index is 2.82. The molecule has 0 bridgehead atoms. The van der Waals surface area contributed by atoms with Crippen molar-refractivity contribution < 1.29 is 0 Å². The van der Waals surface area contributed by atoms with Crippen LogP contribution in [0.5, 0.6) is 0 Å². The quantitative estimate of drug-likeness (QED) is 0.678. The highest BCUT2D eigenvalue weighted by molar-refractivity contribution is 7.40. The molecule has 0 saturated heterocycles. The summed E-state index contributed by atoms with van der Waals surface area (Å²) in [6.07, 6.45) is 0. The lowest BCUT2D eigenvalue weighted by Gasteiger charge is -2.10. The minimum Gasteiger partial charge on any atom is -0.105 e. The van der Waals surface area contributed by atoms with Crippen LogP contribution in [-0.4, -0.2) is 0 Å². The summed E-state index contributed by atoms with van der Waals surface area (Å²) < 4.78 is 0. The highest BCUT2D eigenvalue weighted by Gasteiger charge is 2.05. The van der Waals surface area contributed by atoms with Gasteiger partial charge < -0.3 is 0 Å². The molecule has 2 rings (SSSR count). The molecule has 0 nitrogen and oxygen atoms in total. The zero-order valence-electron chi connectivity index (χ0n) is 8.27. The number of benzene rings is 2. The van der Waals surface area contributed by atoms with Crippen LogP contribution in [0.1, 0.15) is 0 Å². The van der Waals surface area contributed by atoms with Crippen molar-refractivity contribution in [3.8, 4) is 11.1 Å². The first-order chi connectivity index (χ1) is 7.20. The van der Waals surface area contributed by atoms with E-state index in [1.807, 2.05) is 6.07 Å². The zero-order valence-corrected chi connectivity index (χ0v) is 11.7. The van der Waals surface area contributed by atoms with Gasteiger partial charge in [0, 0.05) is 0 Å². The molecule has 2 aromatic rings. The van der Waals surface area contributed by atoms with Gasteiger partial charge in [0.25, 0.3) is 0 Å². The number of hydrogen-bond donors (Lipinski definition) is 0. The molecule has 0 amide bonds. The summed E-state index contributed by atoms with van der Waals surface area (Å²) in [7, 11) is 8.35. The van der Waals surface area contributed by atoms with E-state index >= 15 is 0 Å². The van der Waals surface area contributed by atoms with Crippen molar-refractivity contribution in [2.24, 2.45) is 0 Å². The van der Waals surface area contributed by atoms with Gasteiger partial charge in [-0.05, 0) is 27.0 Å². The Balaban J connectivity index is 2.60. The molecule has 0 fully saturated rings. The van der Waals surface area contributed by atoms with Gasteiger partial charge in [0.1, 0.15) is 0 Å². The van der Waals surface area contributed by atoms with Crippen molar-refractivity contribution in [1.29, 1.82) is 0 Å². The Labute approximate surface area is 97.5 Å². The van der Waals surface area contributed by atoms with Crippen molar-refractivity contribution in [2.75, 3.05) is 0 Å². The van der Waals surface area contributed by atoms with Crippen molar-refractivity contribution in [3.63, 3.8) is 0 Å². The van der Waals surface area contributed by atoms with Gasteiger partial charge in [-0.3, -0.25) is 0 Å². The molecule has 0 N–H and O–H groups in total. The molecular formula is C12H13P3. The lowest BCUT2D eigenvalue weighted by molar-refractivity contribution is 1.67. The van der Waals surface area contributed by atoms with Crippen molar-refractivity contribution in [2.45, 2.75) is 0 Å². The fraction of sp³-hybridized carbons (Fsp3) is 0. The van der Waals surface area contributed by atoms with E-state index in [4.69, 9.17) is 0 Å². The highest BCUT2D eigenvalue weighted by Crippen LogP contribution is 2.18. The Kier molecular flexibility index (Phi) is 3.53. The molecular weight excluding hydrogens is 237 g/mol. The average Bonchev–Trinajstić information content (AvgIpc) is 2.27. The summed E-state index contributed by atoms with van der Waals surface area (Å²) in [5.41, 5.74) is 2.54. The SMILES string of the molecule is Pc1ccc(-c2ccccc2)c(P)c1P. The third-order valence-electron chi connectivity index (χ3n) is 2.41. The second-order valence-electron chi connectivity index (χ2n) is 3.40. The van der Waals surface area contributed by atoms with Crippen LogP contribution in [0.15, 0.2) is 42.5 Å². The molecule has 0 aliphatic carbocycles. The van der Waals surface area contributed by atoms with Crippen LogP contribution < -0.4 is 15.9 Å². The Morgan fingerprint density at radius 3 is 2.00 bits per heavy atom. The summed E-state index contributed by atoms with van der Waals surface area (Å²) >= 11 is 0. The Bertz CT molecular complexity index is 478. The minimum atomic E-state index is 1.23. The van der Waals surface area contributed by atoms with Crippen LogP contribution in [0.4, 0.5) is 0 Å². The first-order valence-electron chi connectivity index (χ1n) is 4.69. The molecule has 0 heterocycles. The van der Waals surface area contributed by atoms with E-state index in [1.165, 1.54) is 27.0 Å². The standard InChI is InChI=1S/C12H13P3/c13-10-7-6-9(11(14)12(10)15)8-4-2-1-3-5-8/h1-7H,13-15H2. The van der Waals surface area contributed by atoms with Crippen molar-refractivity contribution >= 4 is 43.6 Å². The van der Waals surface area contributed by atoms with Crippen LogP contribution in [0.3, 0.4) is 0 Å². The van der Waals surface area contributed by atoms with E-state index < -0.39 is 0 Å². The molecule has 0 spiro atoms. The molecule has 0 aliphatic rings. The summed E-state index contributed by atoms with van der Waals surface area (Å²) in [5, 5.41) is 3.72. The third kappa shape index (κ3) is 2.29. The Morgan fingerprint density at radius 1 is 0.667 bits per heavy atom. The molecule has 3 heteroatoms. The molecule has 0 saturated carbocycles. The largest absolute Gasteiger partial charge is 0.105 e. The molecule has 2 aromatic carbocycles. The maximum Gasteiger partial charge on any atom is -0.0106 e. The molecule has 0 radical (unpaired) electrons. The fourth-order valence-electron chi connectivity index (χ4n) is 1.52. The highest BCUT2D eigenvalue weighted by atomic mass is 31.0. The Morgan fingerprint density at radius 2 is 1.33 bits per heavy atom. The average molecular weight is 250 g/mol. The van der Waals surface area contributed by atoms with Gasteiger partial charge in [-0.2, -0.15) is 0 Å². The molecule has 3 unspecified atom stereocenters. The Hall–Kier alpha value is -0.270. The van der Waals surface area contributed by atoms with E-state index in [0.29, 0.717) is 0 Å². The fourth-order valence-corrected chi connectivity index (χ4v) is 2.62. The molecule has 15 heavy (non-hydrogen) atoms. The van der Waals surface area contributed by atoms with Crippen LogP contribution in [0, 0.1) is 0 Å². The van der Waals surface area contributed by atoms with Gasteiger partial charge in [0.2, 0.25) is 0 Å². The normalized spacial score (nSPS) is 10.3. The predicted molar refractivity (Wildman–Crippen MR) is 79.9 cm³/mol. The van der Waals surface area contributed by atoms with Crippen molar-refractivity contribution in [1.82, 2.24) is 0 Å². The molecule has 0 aromatic heterocycles. The van der Waals surface area contributed by atoms with Gasteiger partial charge in [0.15, 0.2) is 0 Å². The minimum absolute atomic E-state index is 1.23. The van der Waals surface area contributed by atoms with E-state index in [0.717, 1.165) is 0 Å². The van der Waals surface area contributed by atoms with Crippen LogP contribution >= 0.6 is 27.7 Å². The summed E-state index contributed by atoms with van der Waals surface area (Å²) in [6, 6.07) is 14.7. The van der Waals surface area contributed by atoms with Crippen LogP contribution in [-0.2, 0) is 0 Å². The lowest BCUT2D eigenvalue weighted by atomic mass is 10.1. The van der Waals surface area contributed by atoms with Gasteiger partial charge in [-0.1, -0.05) is 42.5 Å². The van der Waals surface area contributed by atoms with Crippen LogP contribution in [0.25, 0.3) is 11.1 Å². The first-order valence-corrected chi connectivity index (χ1v) is 6.42. The number of rotatable bonds is 1. The van der Waals surface area contributed by atoms with Crippen molar-refractivity contribution in [3.05, 3.63) is 42.5 Å². The van der Waals surface area contributed by atoms with E-state index in [1.54, 1.807) is 0 Å². The van der Waals surface area contributed by atoms with Gasteiger partial charge >= 0.3 is 0 Å². The summed E-state index contributed by atoms with van der Waals surface area (Å²) in [5.74, 6) is 0. The first kappa shape index (κ1) is 11.2. The smallest absolute Gasteiger partial charge is 0.0106 e. The summed E-state index contributed by atoms with van der Waals surface area (Å²) in [4.78, 5) is 0.